The fourth-order valence-corrected chi connectivity index (χ4v) is 6.42. The molecule has 0 aliphatic heterocycles. The molecule has 8 nitrogen and oxygen atoms in total. The molecule has 3 N–H and O–H groups in total. The van der Waals surface area contributed by atoms with Gasteiger partial charge in [-0.2, -0.15) is 0 Å². The van der Waals surface area contributed by atoms with Gasteiger partial charge in [-0.3, -0.25) is 14.4 Å². The Bertz CT molecular complexity index is 797. The van der Waals surface area contributed by atoms with Gasteiger partial charge in [0.2, 0.25) is 11.8 Å². The van der Waals surface area contributed by atoms with E-state index < -0.39 is 17.9 Å². The van der Waals surface area contributed by atoms with Crippen LogP contribution >= 0.6 is 67.8 Å². The lowest BCUT2D eigenvalue weighted by Crippen LogP contribution is -2.45. The SMILES string of the molecule is CNC(=O)[C@H](C)N(C)C(=O)c1c(I)c(NC(C)=O)c(I)c(C(=O)O)c1I. The van der Waals surface area contributed by atoms with E-state index in [-0.39, 0.29) is 32.2 Å². The number of likely N-dealkylation sites (N-methyl/N-ethyl adjacent to an activating group) is 2. The van der Waals surface area contributed by atoms with E-state index in [1.54, 1.807) is 29.5 Å². The summed E-state index contributed by atoms with van der Waals surface area (Å²) in [4.78, 5) is 49.3. The molecule has 1 rings (SSSR count). The average Bonchev–Trinajstić information content (AvgIpc) is 2.55. The Morgan fingerprint density at radius 3 is 1.96 bits per heavy atom. The Kier molecular flexibility index (Phi) is 8.50. The number of nitrogens with zero attached hydrogens (tertiary/aromatic N) is 1. The summed E-state index contributed by atoms with van der Waals surface area (Å²) in [5.41, 5.74) is 0.326. The lowest BCUT2D eigenvalue weighted by atomic mass is 10.1. The number of hydrogen-bond donors (Lipinski definition) is 3. The number of aromatic carboxylic acids is 1. The maximum atomic E-state index is 13.0. The minimum Gasteiger partial charge on any atom is -0.478 e. The predicted octanol–water partition coefficient (Wildman–Crippen LogP) is 2.36. The maximum absolute atomic E-state index is 13.0. The van der Waals surface area contributed by atoms with Crippen molar-refractivity contribution in [2.24, 2.45) is 0 Å². The normalized spacial score (nSPS) is 11.5. The number of anilines is 1. The molecule has 0 spiro atoms. The number of hydrogen-bond acceptors (Lipinski definition) is 4. The van der Waals surface area contributed by atoms with E-state index in [0.717, 1.165) is 0 Å². The minimum atomic E-state index is -1.21. The van der Waals surface area contributed by atoms with Gasteiger partial charge in [-0.1, -0.05) is 0 Å². The largest absolute Gasteiger partial charge is 0.478 e. The van der Waals surface area contributed by atoms with Crippen LogP contribution in [0.2, 0.25) is 0 Å². The Labute approximate surface area is 191 Å². The Morgan fingerprint density at radius 2 is 1.54 bits per heavy atom. The topological polar surface area (TPSA) is 116 Å². The van der Waals surface area contributed by atoms with E-state index in [0.29, 0.717) is 7.14 Å². The molecule has 0 bridgehead atoms. The molecule has 0 aliphatic rings. The number of carboxylic acid groups (broad SMARTS) is 1. The van der Waals surface area contributed by atoms with Crippen molar-refractivity contribution in [2.45, 2.75) is 19.9 Å². The van der Waals surface area contributed by atoms with Gasteiger partial charge in [0, 0.05) is 24.6 Å². The smallest absolute Gasteiger partial charge is 0.337 e. The molecule has 11 heteroatoms. The molecule has 26 heavy (non-hydrogen) atoms. The first-order valence-corrected chi connectivity index (χ1v) is 10.4. The monoisotopic (exact) mass is 699 g/mol. The number of carboxylic acids is 1. The van der Waals surface area contributed by atoms with Gasteiger partial charge < -0.3 is 20.6 Å². The molecule has 0 fully saturated rings. The van der Waals surface area contributed by atoms with E-state index in [2.05, 4.69) is 10.6 Å². The number of benzene rings is 1. The van der Waals surface area contributed by atoms with Gasteiger partial charge in [-0.25, -0.2) is 4.79 Å². The van der Waals surface area contributed by atoms with Crippen LogP contribution in [0.5, 0.6) is 0 Å². The Morgan fingerprint density at radius 1 is 1.04 bits per heavy atom. The number of amides is 3. The van der Waals surface area contributed by atoms with Crippen molar-refractivity contribution < 1.29 is 24.3 Å². The van der Waals surface area contributed by atoms with Gasteiger partial charge in [0.25, 0.3) is 5.91 Å². The van der Waals surface area contributed by atoms with Crippen molar-refractivity contribution >= 4 is 97.2 Å². The Hall–Kier alpha value is -0.710. The molecule has 0 saturated carbocycles. The summed E-state index contributed by atoms with van der Waals surface area (Å²) >= 11 is 5.54. The maximum Gasteiger partial charge on any atom is 0.337 e. The first-order valence-electron chi connectivity index (χ1n) is 7.15. The third kappa shape index (κ3) is 4.76. The second-order valence-electron chi connectivity index (χ2n) is 5.26. The zero-order chi connectivity index (χ0) is 20.3. The van der Waals surface area contributed by atoms with Crippen LogP contribution in [0.3, 0.4) is 0 Å². The predicted molar refractivity (Wildman–Crippen MR) is 121 cm³/mol. The molecule has 0 heterocycles. The first-order chi connectivity index (χ1) is 11.9. The zero-order valence-electron chi connectivity index (χ0n) is 14.2. The van der Waals surface area contributed by atoms with Crippen molar-refractivity contribution in [3.63, 3.8) is 0 Å². The second kappa shape index (κ2) is 9.48. The number of halogens is 3. The minimum absolute atomic E-state index is 0.0697. The van der Waals surface area contributed by atoms with Crippen LogP contribution in [-0.4, -0.2) is 53.8 Å². The highest BCUT2D eigenvalue weighted by molar-refractivity contribution is 14.1. The number of carbonyl (C=O) groups is 4. The van der Waals surface area contributed by atoms with Crippen LogP contribution in [0, 0.1) is 10.7 Å². The average molecular weight is 699 g/mol. The molecule has 0 saturated heterocycles. The van der Waals surface area contributed by atoms with Gasteiger partial charge in [-0.15, -0.1) is 0 Å². The Balaban J connectivity index is 3.67. The molecule has 0 unspecified atom stereocenters. The first kappa shape index (κ1) is 23.3. The van der Waals surface area contributed by atoms with E-state index in [1.165, 1.54) is 25.9 Å². The van der Waals surface area contributed by atoms with Gasteiger partial charge in [0.1, 0.15) is 6.04 Å². The van der Waals surface area contributed by atoms with Crippen LogP contribution in [0.1, 0.15) is 34.6 Å². The van der Waals surface area contributed by atoms with Gasteiger partial charge in [-0.05, 0) is 74.7 Å². The molecule has 1 atom stereocenters. The van der Waals surface area contributed by atoms with E-state index >= 15 is 0 Å². The van der Waals surface area contributed by atoms with E-state index in [1.807, 2.05) is 45.2 Å². The van der Waals surface area contributed by atoms with Crippen molar-refractivity contribution in [1.82, 2.24) is 10.2 Å². The standard InChI is InChI=1S/C15H16I3N3O5/c1-5(13(23)19-3)21(4)14(24)7-9(16)8(15(25)26)11(18)12(10(7)17)20-6(2)22/h5H,1-4H3,(H,19,23)(H,20,22)(H,25,26)/t5-/m0/s1. The molecular weight excluding hydrogens is 683 g/mol. The number of nitrogens with one attached hydrogen (secondary N) is 2. The van der Waals surface area contributed by atoms with E-state index in [4.69, 9.17) is 0 Å². The lowest BCUT2D eigenvalue weighted by molar-refractivity contribution is -0.124. The van der Waals surface area contributed by atoms with Crippen molar-refractivity contribution in [3.05, 3.63) is 21.8 Å². The highest BCUT2D eigenvalue weighted by Gasteiger charge is 2.31. The third-order valence-corrected chi connectivity index (χ3v) is 6.81. The molecule has 1 aromatic rings. The molecular formula is C15H16I3N3O5. The van der Waals surface area contributed by atoms with Crippen molar-refractivity contribution in [2.75, 3.05) is 19.4 Å². The molecule has 0 aromatic heterocycles. The van der Waals surface area contributed by atoms with Gasteiger partial charge >= 0.3 is 5.97 Å². The summed E-state index contributed by atoms with van der Waals surface area (Å²) in [6.45, 7) is 2.86. The fraction of sp³-hybridized carbons (Fsp3) is 0.333. The number of rotatable bonds is 5. The van der Waals surface area contributed by atoms with Crippen molar-refractivity contribution in [3.8, 4) is 0 Å². The molecule has 3 amide bonds. The summed E-state index contributed by atoms with van der Waals surface area (Å²) in [6.07, 6.45) is 0. The lowest BCUT2D eigenvalue weighted by Gasteiger charge is -2.26. The van der Waals surface area contributed by atoms with Crippen LogP contribution in [0.15, 0.2) is 0 Å². The highest BCUT2D eigenvalue weighted by Crippen LogP contribution is 2.36. The quantitative estimate of drug-likeness (QED) is 0.409. The molecule has 1 aromatic carbocycles. The summed E-state index contributed by atoms with van der Waals surface area (Å²) < 4.78 is 0.995. The summed E-state index contributed by atoms with van der Waals surface area (Å²) in [7, 11) is 2.93. The third-order valence-electron chi connectivity index (χ3n) is 3.57. The molecule has 0 aliphatic carbocycles. The van der Waals surface area contributed by atoms with E-state index in [9.17, 15) is 24.3 Å². The van der Waals surface area contributed by atoms with Crippen LogP contribution in [-0.2, 0) is 9.59 Å². The summed E-state index contributed by atoms with van der Waals surface area (Å²) in [5.74, 6) is -2.46. The summed E-state index contributed by atoms with van der Waals surface area (Å²) in [6, 6.07) is -0.754. The molecule has 0 radical (unpaired) electrons. The van der Waals surface area contributed by atoms with Crippen LogP contribution in [0.25, 0.3) is 0 Å². The van der Waals surface area contributed by atoms with Crippen molar-refractivity contribution in [1.29, 1.82) is 0 Å². The second-order valence-corrected chi connectivity index (χ2v) is 8.50. The van der Waals surface area contributed by atoms with Gasteiger partial charge in [0.05, 0.1) is 24.0 Å². The number of carbonyl (C=O) groups excluding carboxylic acids is 3. The van der Waals surface area contributed by atoms with Crippen LogP contribution in [0.4, 0.5) is 5.69 Å². The zero-order valence-corrected chi connectivity index (χ0v) is 20.7. The molecule has 142 valence electrons. The highest BCUT2D eigenvalue weighted by atomic mass is 127. The van der Waals surface area contributed by atoms with Crippen LogP contribution < -0.4 is 10.6 Å². The summed E-state index contributed by atoms with van der Waals surface area (Å²) in [5, 5.41) is 14.6. The van der Waals surface area contributed by atoms with Gasteiger partial charge in [0.15, 0.2) is 0 Å². The fourth-order valence-electron chi connectivity index (χ4n) is 2.06.